The first-order valence-electron chi connectivity index (χ1n) is 5.44. The molecule has 1 amide bonds. The van der Waals surface area contributed by atoms with Crippen molar-refractivity contribution in [1.29, 1.82) is 0 Å². The van der Waals surface area contributed by atoms with Gasteiger partial charge in [0.2, 0.25) is 5.91 Å². The molecule has 3 nitrogen and oxygen atoms in total. The molecule has 0 spiro atoms. The van der Waals surface area contributed by atoms with Crippen LogP contribution in [0.1, 0.15) is 12.8 Å². The van der Waals surface area contributed by atoms with E-state index in [-0.39, 0.29) is 17.6 Å². The molecule has 0 bridgehead atoms. The first-order chi connectivity index (χ1) is 7.74. The molecule has 1 fully saturated rings. The fourth-order valence-electron chi connectivity index (χ4n) is 2.05. The van der Waals surface area contributed by atoms with Crippen molar-refractivity contribution in [1.82, 2.24) is 0 Å². The highest BCUT2D eigenvalue weighted by molar-refractivity contribution is 7.80. The lowest BCUT2D eigenvalue weighted by Gasteiger charge is -2.31. The molecule has 1 N–H and O–H groups in total. The molecule has 1 saturated heterocycles. The van der Waals surface area contributed by atoms with E-state index in [1.54, 1.807) is 23.1 Å². The second-order valence-electron chi connectivity index (χ2n) is 4.00. The molecule has 0 radical (unpaired) electrons. The van der Waals surface area contributed by atoms with Gasteiger partial charge in [0.1, 0.15) is 5.75 Å². The molecule has 1 aliphatic rings. The number of hydrogen-bond acceptors (Lipinski definition) is 3. The molecular formula is C12H15NO2S. The third-order valence-electron chi connectivity index (χ3n) is 2.94. The Morgan fingerprint density at radius 1 is 1.44 bits per heavy atom. The number of nitrogens with zero attached hydrogens (tertiary/aromatic N) is 1. The van der Waals surface area contributed by atoms with Crippen molar-refractivity contribution >= 4 is 24.2 Å². The predicted octanol–water partition coefficient (Wildman–Crippen LogP) is 2.07. The number of hydrogen-bond donors (Lipinski definition) is 2. The maximum atomic E-state index is 12.1. The van der Waals surface area contributed by atoms with Gasteiger partial charge in [-0.05, 0) is 25.0 Å². The van der Waals surface area contributed by atoms with E-state index in [4.69, 9.17) is 0 Å². The Balaban J connectivity index is 2.27. The van der Waals surface area contributed by atoms with Gasteiger partial charge in [0.05, 0.1) is 5.69 Å². The lowest BCUT2D eigenvalue weighted by Crippen LogP contribution is -2.42. The summed E-state index contributed by atoms with van der Waals surface area (Å²) >= 11 is 4.19. The van der Waals surface area contributed by atoms with E-state index in [0.29, 0.717) is 18.0 Å². The third-order valence-corrected chi connectivity index (χ3v) is 3.38. The van der Waals surface area contributed by atoms with Crippen LogP contribution in [0.2, 0.25) is 0 Å². The largest absolute Gasteiger partial charge is 0.506 e. The summed E-state index contributed by atoms with van der Waals surface area (Å²) in [6.45, 7) is 0.681. The van der Waals surface area contributed by atoms with Crippen LogP contribution in [0.15, 0.2) is 24.3 Å². The Morgan fingerprint density at radius 2 is 2.19 bits per heavy atom. The van der Waals surface area contributed by atoms with Gasteiger partial charge in [-0.15, -0.1) is 0 Å². The Kier molecular flexibility index (Phi) is 3.39. The summed E-state index contributed by atoms with van der Waals surface area (Å²) < 4.78 is 0. The van der Waals surface area contributed by atoms with Crippen LogP contribution in [0, 0.1) is 5.92 Å². The van der Waals surface area contributed by atoms with Crippen molar-refractivity contribution in [3.05, 3.63) is 24.3 Å². The van der Waals surface area contributed by atoms with Gasteiger partial charge >= 0.3 is 0 Å². The van der Waals surface area contributed by atoms with E-state index in [1.165, 1.54) is 0 Å². The SMILES string of the molecule is O=C1C(CS)CCCN1c1ccccc1O. The molecule has 1 unspecified atom stereocenters. The normalized spacial score (nSPS) is 21.2. The van der Waals surface area contributed by atoms with Crippen LogP contribution in [0.5, 0.6) is 5.75 Å². The minimum atomic E-state index is -0.0170. The minimum Gasteiger partial charge on any atom is -0.506 e. The zero-order valence-electron chi connectivity index (χ0n) is 8.97. The molecule has 1 heterocycles. The van der Waals surface area contributed by atoms with Gasteiger partial charge in [-0.3, -0.25) is 4.79 Å². The summed E-state index contributed by atoms with van der Waals surface area (Å²) in [4.78, 5) is 13.7. The van der Waals surface area contributed by atoms with Crippen LogP contribution in [0.3, 0.4) is 0 Å². The number of carbonyl (C=O) groups excluding carboxylic acids is 1. The van der Waals surface area contributed by atoms with Crippen LogP contribution in [0.4, 0.5) is 5.69 Å². The number of piperidine rings is 1. The van der Waals surface area contributed by atoms with Crippen LogP contribution < -0.4 is 4.90 Å². The summed E-state index contributed by atoms with van der Waals surface area (Å²) in [5.41, 5.74) is 0.610. The Morgan fingerprint density at radius 3 is 2.88 bits per heavy atom. The molecule has 0 aromatic heterocycles. The molecule has 0 aliphatic carbocycles. The number of amides is 1. The second-order valence-corrected chi connectivity index (χ2v) is 4.37. The number of benzene rings is 1. The first-order valence-corrected chi connectivity index (χ1v) is 6.07. The summed E-state index contributed by atoms with van der Waals surface area (Å²) in [5, 5.41) is 9.73. The van der Waals surface area contributed by atoms with Crippen molar-refractivity contribution in [2.24, 2.45) is 5.92 Å². The molecule has 1 atom stereocenters. The molecule has 86 valence electrons. The van der Waals surface area contributed by atoms with Crippen LogP contribution >= 0.6 is 12.6 Å². The average Bonchev–Trinajstić information content (AvgIpc) is 2.31. The fraction of sp³-hybridized carbons (Fsp3) is 0.417. The lowest BCUT2D eigenvalue weighted by molar-refractivity contribution is -0.123. The summed E-state index contributed by atoms with van der Waals surface area (Å²) in [5.74, 6) is 0.790. The molecule has 4 heteroatoms. The second kappa shape index (κ2) is 4.78. The summed E-state index contributed by atoms with van der Waals surface area (Å²) in [6, 6.07) is 6.96. The van der Waals surface area contributed by atoms with Crippen LogP contribution in [-0.4, -0.2) is 23.3 Å². The molecule has 16 heavy (non-hydrogen) atoms. The smallest absolute Gasteiger partial charge is 0.231 e. The lowest BCUT2D eigenvalue weighted by atomic mass is 9.98. The number of rotatable bonds is 2. The van der Waals surface area contributed by atoms with Gasteiger partial charge in [0.15, 0.2) is 0 Å². The van der Waals surface area contributed by atoms with E-state index in [2.05, 4.69) is 12.6 Å². The van der Waals surface area contributed by atoms with Gasteiger partial charge in [-0.1, -0.05) is 12.1 Å². The van der Waals surface area contributed by atoms with E-state index < -0.39 is 0 Å². The number of aromatic hydroxyl groups is 1. The third kappa shape index (κ3) is 2.02. The Labute approximate surface area is 100 Å². The van der Waals surface area contributed by atoms with Crippen molar-refractivity contribution in [3.63, 3.8) is 0 Å². The highest BCUT2D eigenvalue weighted by Crippen LogP contribution is 2.31. The molecule has 0 saturated carbocycles. The monoisotopic (exact) mass is 237 g/mol. The summed E-state index contributed by atoms with van der Waals surface area (Å²) in [7, 11) is 0. The maximum absolute atomic E-state index is 12.1. The van der Waals surface area contributed by atoms with E-state index in [9.17, 15) is 9.90 Å². The van der Waals surface area contributed by atoms with Gasteiger partial charge in [0.25, 0.3) is 0 Å². The predicted molar refractivity (Wildman–Crippen MR) is 67.0 cm³/mol. The molecule has 2 rings (SSSR count). The number of phenols is 1. The molecule has 1 aromatic carbocycles. The quantitative estimate of drug-likeness (QED) is 0.773. The Bertz CT molecular complexity index is 394. The van der Waals surface area contributed by atoms with E-state index >= 15 is 0 Å². The van der Waals surface area contributed by atoms with Gasteiger partial charge in [-0.2, -0.15) is 12.6 Å². The number of phenolic OH excluding ortho intramolecular Hbond substituents is 1. The van der Waals surface area contributed by atoms with E-state index in [0.717, 1.165) is 12.8 Å². The van der Waals surface area contributed by atoms with Crippen LogP contribution in [-0.2, 0) is 4.79 Å². The molecule has 1 aromatic rings. The zero-order chi connectivity index (χ0) is 11.5. The van der Waals surface area contributed by atoms with Gasteiger partial charge in [-0.25, -0.2) is 0 Å². The van der Waals surface area contributed by atoms with Crippen molar-refractivity contribution in [2.45, 2.75) is 12.8 Å². The van der Waals surface area contributed by atoms with Gasteiger partial charge in [0, 0.05) is 18.2 Å². The number of para-hydroxylation sites is 2. The number of carbonyl (C=O) groups is 1. The highest BCUT2D eigenvalue weighted by Gasteiger charge is 2.29. The molecular weight excluding hydrogens is 222 g/mol. The highest BCUT2D eigenvalue weighted by atomic mass is 32.1. The number of thiol groups is 1. The summed E-state index contributed by atoms with van der Waals surface area (Å²) in [6.07, 6.45) is 1.86. The van der Waals surface area contributed by atoms with E-state index in [1.807, 2.05) is 6.07 Å². The maximum Gasteiger partial charge on any atom is 0.231 e. The Hall–Kier alpha value is -1.16. The van der Waals surface area contributed by atoms with Crippen molar-refractivity contribution in [3.8, 4) is 5.75 Å². The first kappa shape index (κ1) is 11.3. The van der Waals surface area contributed by atoms with Crippen molar-refractivity contribution < 1.29 is 9.90 Å². The minimum absolute atomic E-state index is 0.0170. The number of anilines is 1. The molecule has 1 aliphatic heterocycles. The zero-order valence-corrected chi connectivity index (χ0v) is 9.86. The van der Waals surface area contributed by atoms with Gasteiger partial charge < -0.3 is 10.0 Å². The van der Waals surface area contributed by atoms with Crippen molar-refractivity contribution in [2.75, 3.05) is 17.2 Å². The average molecular weight is 237 g/mol. The fourth-order valence-corrected chi connectivity index (χ4v) is 2.39. The standard InChI is InChI=1S/C12H15NO2S/c14-11-6-2-1-5-10(11)13-7-3-4-9(8-16)12(13)15/h1-2,5-6,9,14,16H,3-4,7-8H2. The topological polar surface area (TPSA) is 40.5 Å². The van der Waals surface area contributed by atoms with Crippen LogP contribution in [0.25, 0.3) is 0 Å².